The molecule has 0 amide bonds. The van der Waals surface area contributed by atoms with Gasteiger partial charge in [-0.05, 0) is 38.7 Å². The molecule has 3 nitrogen and oxygen atoms in total. The molecule has 1 aromatic heterocycles. The molecule has 0 aromatic carbocycles. The third-order valence-electron chi connectivity index (χ3n) is 3.60. The Morgan fingerprint density at radius 3 is 2.62 bits per heavy atom. The summed E-state index contributed by atoms with van der Waals surface area (Å²) in [6.45, 7) is 9.25. The van der Waals surface area contributed by atoms with Crippen molar-refractivity contribution in [3.63, 3.8) is 0 Å². The molecule has 0 radical (unpaired) electrons. The summed E-state index contributed by atoms with van der Waals surface area (Å²) < 4.78 is 13.6. The van der Waals surface area contributed by atoms with Crippen LogP contribution in [-0.4, -0.2) is 17.2 Å². The molecular formula is C17H25FN2O. The van der Waals surface area contributed by atoms with E-state index in [-0.39, 0.29) is 17.2 Å². The maximum Gasteiger partial charge on any atom is 0.224 e. The smallest absolute Gasteiger partial charge is 0.224 e. The molecule has 0 saturated heterocycles. The summed E-state index contributed by atoms with van der Waals surface area (Å²) in [5, 5.41) is 2.93. The summed E-state index contributed by atoms with van der Waals surface area (Å²) in [5.41, 5.74) is 1.50. The fourth-order valence-corrected chi connectivity index (χ4v) is 2.08. The maximum absolute atomic E-state index is 13.6. The van der Waals surface area contributed by atoms with Crippen molar-refractivity contribution in [3.05, 3.63) is 45.8 Å². The highest BCUT2D eigenvalue weighted by Crippen LogP contribution is 2.17. The van der Waals surface area contributed by atoms with E-state index in [1.165, 1.54) is 6.92 Å². The number of anilines is 1. The van der Waals surface area contributed by atoms with Crippen LogP contribution < -0.4 is 10.7 Å². The first-order chi connectivity index (χ1) is 9.90. The minimum atomic E-state index is -1.11. The lowest BCUT2D eigenvalue weighted by Crippen LogP contribution is -2.30. The predicted molar refractivity (Wildman–Crippen MR) is 86.7 cm³/mol. The number of alkyl halides is 1. The Kier molecular flexibility index (Phi) is 6.53. The first kappa shape index (κ1) is 17.3. The Hall–Kier alpha value is -1.71. The molecule has 0 aliphatic rings. The van der Waals surface area contributed by atoms with E-state index >= 15 is 0 Å². The zero-order valence-electron chi connectivity index (χ0n) is 13.5. The Bertz CT molecular complexity index is 555. The summed E-state index contributed by atoms with van der Waals surface area (Å²) in [7, 11) is 0. The molecule has 1 rings (SSSR count). The number of rotatable bonds is 6. The van der Waals surface area contributed by atoms with Crippen molar-refractivity contribution >= 4 is 5.82 Å². The van der Waals surface area contributed by atoms with E-state index in [9.17, 15) is 9.18 Å². The predicted octanol–water partition coefficient (Wildman–Crippen LogP) is 3.98. The van der Waals surface area contributed by atoms with Gasteiger partial charge in [-0.1, -0.05) is 32.1 Å². The van der Waals surface area contributed by atoms with Crippen molar-refractivity contribution in [3.8, 4) is 0 Å². The molecule has 0 bridgehead atoms. The van der Waals surface area contributed by atoms with Crippen molar-refractivity contribution in [1.82, 2.24) is 4.98 Å². The van der Waals surface area contributed by atoms with Crippen molar-refractivity contribution in [2.45, 2.75) is 59.2 Å². The van der Waals surface area contributed by atoms with E-state index in [0.717, 1.165) is 17.5 Å². The summed E-state index contributed by atoms with van der Waals surface area (Å²) in [6.07, 6.45) is 4.87. The quantitative estimate of drug-likeness (QED) is 0.806. The van der Waals surface area contributed by atoms with E-state index < -0.39 is 12.2 Å². The van der Waals surface area contributed by atoms with Gasteiger partial charge in [0.05, 0.1) is 6.04 Å². The van der Waals surface area contributed by atoms with Crippen LogP contribution in [0.4, 0.5) is 10.2 Å². The molecule has 4 heteroatoms. The van der Waals surface area contributed by atoms with Gasteiger partial charge < -0.3 is 5.32 Å². The highest BCUT2D eigenvalue weighted by Gasteiger charge is 2.17. The number of nitrogens with one attached hydrogen (secondary N) is 1. The van der Waals surface area contributed by atoms with E-state index in [0.29, 0.717) is 0 Å². The molecule has 1 aromatic rings. The highest BCUT2D eigenvalue weighted by atomic mass is 19.1. The lowest BCUT2D eigenvalue weighted by Gasteiger charge is -2.16. The second-order valence-electron chi connectivity index (χ2n) is 5.46. The van der Waals surface area contributed by atoms with Gasteiger partial charge in [0.1, 0.15) is 6.17 Å². The molecular weight excluding hydrogens is 267 g/mol. The first-order valence-electron chi connectivity index (χ1n) is 7.44. The lowest BCUT2D eigenvalue weighted by atomic mass is 9.99. The van der Waals surface area contributed by atoms with Crippen LogP contribution in [-0.2, 0) is 0 Å². The Labute approximate surface area is 126 Å². The van der Waals surface area contributed by atoms with Crippen LogP contribution in [0.3, 0.4) is 0 Å². The SMILES string of the molecule is C/C=C\C(Nc1ncc(C)cc(C(C)CC)c1=O)C(C)F. The largest absolute Gasteiger partial charge is 0.358 e. The van der Waals surface area contributed by atoms with E-state index in [4.69, 9.17) is 0 Å². The topological polar surface area (TPSA) is 42.0 Å². The number of aryl methyl sites for hydroxylation is 1. The second kappa shape index (κ2) is 7.91. The lowest BCUT2D eigenvalue weighted by molar-refractivity contribution is 0.344. The van der Waals surface area contributed by atoms with Crippen molar-refractivity contribution in [2.75, 3.05) is 5.32 Å². The van der Waals surface area contributed by atoms with Gasteiger partial charge in [0, 0.05) is 11.8 Å². The van der Waals surface area contributed by atoms with Crippen LogP contribution in [0.5, 0.6) is 0 Å². The number of aromatic nitrogens is 1. The Morgan fingerprint density at radius 2 is 2.10 bits per heavy atom. The third-order valence-corrected chi connectivity index (χ3v) is 3.60. The number of nitrogens with zero attached hydrogens (tertiary/aromatic N) is 1. The number of halogens is 1. The van der Waals surface area contributed by atoms with Gasteiger partial charge in [0.2, 0.25) is 5.43 Å². The second-order valence-corrected chi connectivity index (χ2v) is 5.46. The summed E-state index contributed by atoms with van der Waals surface area (Å²) >= 11 is 0. The van der Waals surface area contributed by atoms with Crippen LogP contribution >= 0.6 is 0 Å². The van der Waals surface area contributed by atoms with Gasteiger partial charge in [-0.15, -0.1) is 0 Å². The van der Waals surface area contributed by atoms with E-state index in [1.807, 2.05) is 33.8 Å². The average molecular weight is 292 g/mol. The molecule has 1 heterocycles. The molecule has 3 unspecified atom stereocenters. The Balaban J connectivity index is 3.31. The molecule has 0 aliphatic carbocycles. The third kappa shape index (κ3) is 4.66. The number of hydrogen-bond acceptors (Lipinski definition) is 3. The van der Waals surface area contributed by atoms with E-state index in [2.05, 4.69) is 10.3 Å². The zero-order valence-corrected chi connectivity index (χ0v) is 13.5. The monoisotopic (exact) mass is 292 g/mol. The van der Waals surface area contributed by atoms with Crippen LogP contribution in [0.15, 0.2) is 29.2 Å². The van der Waals surface area contributed by atoms with Crippen molar-refractivity contribution in [1.29, 1.82) is 0 Å². The number of hydrogen-bond donors (Lipinski definition) is 1. The molecule has 21 heavy (non-hydrogen) atoms. The van der Waals surface area contributed by atoms with Crippen molar-refractivity contribution in [2.24, 2.45) is 0 Å². The fourth-order valence-electron chi connectivity index (χ4n) is 2.08. The standard InChI is InChI=1S/C17H25FN2O/c1-6-8-15(13(5)18)20-17-16(21)14(12(4)7-2)9-11(3)10-19-17/h6,8-10,12-13,15H,7H2,1-5H3,(H,19,20,21)/b8-6-. The number of allylic oxidation sites excluding steroid dienone is 1. The van der Waals surface area contributed by atoms with Gasteiger partial charge in [0.25, 0.3) is 0 Å². The maximum atomic E-state index is 13.6. The van der Waals surface area contributed by atoms with Gasteiger partial charge in [0.15, 0.2) is 5.82 Å². The van der Waals surface area contributed by atoms with E-state index in [1.54, 1.807) is 18.3 Å². The van der Waals surface area contributed by atoms with Crippen molar-refractivity contribution < 1.29 is 4.39 Å². The van der Waals surface area contributed by atoms with Gasteiger partial charge in [-0.3, -0.25) is 4.79 Å². The summed E-state index contributed by atoms with van der Waals surface area (Å²) in [5.74, 6) is 0.361. The zero-order chi connectivity index (χ0) is 16.0. The molecule has 116 valence electrons. The Morgan fingerprint density at radius 1 is 1.43 bits per heavy atom. The van der Waals surface area contributed by atoms with Crippen LogP contribution in [0.1, 0.15) is 51.2 Å². The summed E-state index contributed by atoms with van der Waals surface area (Å²) in [6, 6.07) is 1.32. The molecule has 0 aliphatic heterocycles. The molecule has 0 spiro atoms. The summed E-state index contributed by atoms with van der Waals surface area (Å²) in [4.78, 5) is 16.8. The first-order valence-corrected chi connectivity index (χ1v) is 7.44. The van der Waals surface area contributed by atoms with Gasteiger partial charge in [-0.25, -0.2) is 9.37 Å². The van der Waals surface area contributed by atoms with Crippen LogP contribution in [0.2, 0.25) is 0 Å². The molecule has 3 atom stereocenters. The van der Waals surface area contributed by atoms with Gasteiger partial charge >= 0.3 is 0 Å². The highest BCUT2D eigenvalue weighted by molar-refractivity contribution is 5.41. The molecule has 0 fully saturated rings. The molecule has 0 saturated carbocycles. The fraction of sp³-hybridized carbons (Fsp3) is 0.529. The average Bonchev–Trinajstić information content (AvgIpc) is 2.58. The minimum absolute atomic E-state index is 0.146. The van der Waals surface area contributed by atoms with Crippen LogP contribution in [0.25, 0.3) is 0 Å². The molecule has 1 N–H and O–H groups in total. The van der Waals surface area contributed by atoms with Gasteiger partial charge in [-0.2, -0.15) is 0 Å². The minimum Gasteiger partial charge on any atom is -0.358 e. The normalized spacial score (nSPS) is 15.7. The van der Waals surface area contributed by atoms with Crippen LogP contribution in [0, 0.1) is 6.92 Å².